The number of aryl methyl sites for hydroxylation is 2. The highest BCUT2D eigenvalue weighted by atomic mass is 79.9. The molecule has 1 amide bonds. The standard InChI is InChI=1S/C23H24BrN3O3/c1-13-11-14(2)18(17(28)12-13)20-19-21(26-25-20)23(29)27(9-4-10-30-3)22(19)15-5-7-16(24)8-6-15/h5-8,11-12,22,28H,4,9-10H2,1-3H3,(H,25,26). The van der Waals surface area contributed by atoms with Crippen LogP contribution in [0, 0.1) is 13.8 Å². The number of phenols is 1. The first-order valence-corrected chi connectivity index (χ1v) is 10.7. The number of hydrogen-bond donors (Lipinski definition) is 2. The molecule has 30 heavy (non-hydrogen) atoms. The molecule has 0 saturated carbocycles. The number of nitrogens with one attached hydrogen (secondary N) is 1. The molecule has 6 nitrogen and oxygen atoms in total. The lowest BCUT2D eigenvalue weighted by molar-refractivity contribution is 0.0723. The number of ether oxygens (including phenoxy) is 1. The summed E-state index contributed by atoms with van der Waals surface area (Å²) in [5.74, 6) is 0.0821. The number of aromatic amines is 1. The van der Waals surface area contributed by atoms with Gasteiger partial charge in [-0.2, -0.15) is 5.10 Å². The first-order valence-electron chi connectivity index (χ1n) is 9.86. The number of carbonyl (C=O) groups is 1. The molecule has 7 heteroatoms. The van der Waals surface area contributed by atoms with E-state index >= 15 is 0 Å². The highest BCUT2D eigenvalue weighted by Crippen LogP contribution is 2.45. The summed E-state index contributed by atoms with van der Waals surface area (Å²) >= 11 is 3.48. The molecule has 1 aliphatic heterocycles. The maximum atomic E-state index is 13.3. The second-order valence-corrected chi connectivity index (χ2v) is 8.55. The SMILES string of the molecule is COCCCN1C(=O)c2[nH]nc(-c3c(C)cc(C)cc3O)c2C1c1ccc(Br)cc1. The Morgan fingerprint density at radius 1 is 1.23 bits per heavy atom. The van der Waals surface area contributed by atoms with E-state index < -0.39 is 0 Å². The fourth-order valence-electron chi connectivity index (χ4n) is 4.24. The molecule has 2 N–H and O–H groups in total. The molecule has 3 aromatic rings. The van der Waals surface area contributed by atoms with E-state index in [1.54, 1.807) is 13.2 Å². The van der Waals surface area contributed by atoms with E-state index in [0.29, 0.717) is 30.1 Å². The number of aromatic hydroxyl groups is 1. The molecule has 0 radical (unpaired) electrons. The number of benzene rings is 2. The van der Waals surface area contributed by atoms with Gasteiger partial charge in [-0.3, -0.25) is 9.89 Å². The molecule has 0 aliphatic carbocycles. The van der Waals surface area contributed by atoms with Crippen LogP contribution in [0.1, 0.15) is 45.2 Å². The zero-order valence-electron chi connectivity index (χ0n) is 17.2. The number of halogens is 1. The molecule has 0 fully saturated rings. The van der Waals surface area contributed by atoms with Crippen LogP contribution in [0.5, 0.6) is 5.75 Å². The van der Waals surface area contributed by atoms with Crippen molar-refractivity contribution in [3.63, 3.8) is 0 Å². The topological polar surface area (TPSA) is 78.5 Å². The van der Waals surface area contributed by atoms with Gasteiger partial charge in [-0.25, -0.2) is 0 Å². The molecule has 2 heterocycles. The monoisotopic (exact) mass is 469 g/mol. The van der Waals surface area contributed by atoms with Gasteiger partial charge in [0.2, 0.25) is 0 Å². The van der Waals surface area contributed by atoms with Crippen molar-refractivity contribution in [2.24, 2.45) is 0 Å². The molecule has 0 spiro atoms. The lowest BCUT2D eigenvalue weighted by Crippen LogP contribution is -2.31. The van der Waals surface area contributed by atoms with Gasteiger partial charge in [-0.15, -0.1) is 0 Å². The quantitative estimate of drug-likeness (QED) is 0.510. The molecule has 156 valence electrons. The Morgan fingerprint density at radius 2 is 1.97 bits per heavy atom. The van der Waals surface area contributed by atoms with Crippen LogP contribution >= 0.6 is 15.9 Å². The van der Waals surface area contributed by atoms with Crippen LogP contribution in [0.2, 0.25) is 0 Å². The van der Waals surface area contributed by atoms with Crippen molar-refractivity contribution < 1.29 is 14.6 Å². The Bertz CT molecular complexity index is 1070. The van der Waals surface area contributed by atoms with Crippen molar-refractivity contribution in [1.29, 1.82) is 0 Å². The second-order valence-electron chi connectivity index (χ2n) is 7.64. The normalized spacial score (nSPS) is 15.7. The van der Waals surface area contributed by atoms with Gasteiger partial charge < -0.3 is 14.7 Å². The largest absolute Gasteiger partial charge is 0.507 e. The summed E-state index contributed by atoms with van der Waals surface area (Å²) in [5, 5.41) is 18.1. The highest BCUT2D eigenvalue weighted by molar-refractivity contribution is 9.10. The van der Waals surface area contributed by atoms with E-state index in [9.17, 15) is 9.90 Å². The molecule has 4 rings (SSSR count). The number of nitrogens with zero attached hydrogens (tertiary/aromatic N) is 2. The lowest BCUT2D eigenvalue weighted by atomic mass is 9.93. The van der Waals surface area contributed by atoms with E-state index in [2.05, 4.69) is 26.1 Å². The van der Waals surface area contributed by atoms with Crippen LogP contribution in [0.3, 0.4) is 0 Å². The number of amides is 1. The molecule has 2 aromatic carbocycles. The molecule has 0 bridgehead atoms. The molecule has 0 saturated heterocycles. The summed E-state index contributed by atoms with van der Waals surface area (Å²) < 4.78 is 6.16. The van der Waals surface area contributed by atoms with Crippen molar-refractivity contribution in [2.45, 2.75) is 26.3 Å². The number of phenolic OH excluding ortho intramolecular Hbond substituents is 1. The van der Waals surface area contributed by atoms with Gasteiger partial charge in [0.25, 0.3) is 5.91 Å². The number of H-pyrrole nitrogens is 1. The summed E-state index contributed by atoms with van der Waals surface area (Å²) in [6, 6.07) is 11.4. The van der Waals surface area contributed by atoms with Gasteiger partial charge in [0.1, 0.15) is 17.1 Å². The molecular formula is C23H24BrN3O3. The van der Waals surface area contributed by atoms with E-state index in [1.165, 1.54) is 0 Å². The van der Waals surface area contributed by atoms with Gasteiger partial charge in [0, 0.05) is 35.9 Å². The van der Waals surface area contributed by atoms with Crippen LogP contribution in [0.15, 0.2) is 40.9 Å². The van der Waals surface area contributed by atoms with Crippen LogP contribution in [-0.4, -0.2) is 46.4 Å². The van der Waals surface area contributed by atoms with Crippen LogP contribution < -0.4 is 0 Å². The fraction of sp³-hybridized carbons (Fsp3) is 0.304. The minimum Gasteiger partial charge on any atom is -0.507 e. The first kappa shape index (κ1) is 20.6. The zero-order valence-corrected chi connectivity index (χ0v) is 18.8. The summed E-state index contributed by atoms with van der Waals surface area (Å²) in [7, 11) is 1.66. The lowest BCUT2D eigenvalue weighted by Gasteiger charge is -2.26. The van der Waals surface area contributed by atoms with Gasteiger partial charge in [0.05, 0.1) is 6.04 Å². The van der Waals surface area contributed by atoms with Crippen molar-refractivity contribution in [3.05, 3.63) is 68.8 Å². The van der Waals surface area contributed by atoms with E-state index in [-0.39, 0.29) is 17.7 Å². The minimum absolute atomic E-state index is 0.0861. The maximum Gasteiger partial charge on any atom is 0.273 e. The summed E-state index contributed by atoms with van der Waals surface area (Å²) in [4.78, 5) is 15.1. The van der Waals surface area contributed by atoms with Crippen molar-refractivity contribution in [3.8, 4) is 17.0 Å². The van der Waals surface area contributed by atoms with Gasteiger partial charge in [-0.05, 0) is 55.2 Å². The third-order valence-corrected chi connectivity index (χ3v) is 6.02. The Kier molecular flexibility index (Phi) is 5.66. The van der Waals surface area contributed by atoms with Crippen molar-refractivity contribution in [2.75, 3.05) is 20.3 Å². The highest BCUT2D eigenvalue weighted by Gasteiger charge is 2.42. The zero-order chi connectivity index (χ0) is 21.4. The molecule has 1 atom stereocenters. The summed E-state index contributed by atoms with van der Waals surface area (Å²) in [6.45, 7) is 5.03. The van der Waals surface area contributed by atoms with Crippen molar-refractivity contribution in [1.82, 2.24) is 15.1 Å². The van der Waals surface area contributed by atoms with E-state index in [4.69, 9.17) is 4.74 Å². The molecule has 1 aromatic heterocycles. The van der Waals surface area contributed by atoms with E-state index in [1.807, 2.05) is 49.1 Å². The Hall–Kier alpha value is -2.64. The number of carbonyl (C=O) groups excluding carboxylic acids is 1. The first-order chi connectivity index (χ1) is 14.4. The minimum atomic E-state index is -0.286. The van der Waals surface area contributed by atoms with Crippen LogP contribution in [0.25, 0.3) is 11.3 Å². The number of methoxy groups -OCH3 is 1. The Balaban J connectivity index is 1.87. The Morgan fingerprint density at radius 3 is 2.63 bits per heavy atom. The third-order valence-electron chi connectivity index (χ3n) is 5.49. The second kappa shape index (κ2) is 8.24. The van der Waals surface area contributed by atoms with Crippen molar-refractivity contribution >= 4 is 21.8 Å². The fourth-order valence-corrected chi connectivity index (χ4v) is 4.51. The van der Waals surface area contributed by atoms with Gasteiger partial charge in [-0.1, -0.05) is 34.1 Å². The number of aromatic nitrogens is 2. The smallest absolute Gasteiger partial charge is 0.273 e. The predicted molar refractivity (Wildman–Crippen MR) is 119 cm³/mol. The average Bonchev–Trinajstić information content (AvgIpc) is 3.22. The average molecular weight is 470 g/mol. The maximum absolute atomic E-state index is 13.3. The predicted octanol–water partition coefficient (Wildman–Crippen LogP) is 4.74. The van der Waals surface area contributed by atoms with Crippen LogP contribution in [0.4, 0.5) is 0 Å². The summed E-state index contributed by atoms with van der Waals surface area (Å²) in [6.07, 6.45) is 0.733. The Labute approximate surface area is 184 Å². The number of hydrogen-bond acceptors (Lipinski definition) is 4. The van der Waals surface area contributed by atoms with Gasteiger partial charge in [0.15, 0.2) is 0 Å². The number of rotatable bonds is 6. The third kappa shape index (κ3) is 3.52. The molecular weight excluding hydrogens is 446 g/mol. The molecule has 1 aliphatic rings. The van der Waals surface area contributed by atoms with Crippen LogP contribution in [-0.2, 0) is 4.74 Å². The number of fused-ring (bicyclic) bond motifs is 1. The van der Waals surface area contributed by atoms with E-state index in [0.717, 1.165) is 33.1 Å². The molecule has 1 unspecified atom stereocenters. The van der Waals surface area contributed by atoms with Gasteiger partial charge >= 0.3 is 0 Å². The summed E-state index contributed by atoms with van der Waals surface area (Å²) in [5.41, 5.74) is 5.46.